The highest BCUT2D eigenvalue weighted by Crippen LogP contribution is 2.53. The Balaban J connectivity index is 1.59. The maximum absolute atomic E-state index is 12.6. The Morgan fingerprint density at radius 1 is 1.36 bits per heavy atom. The fourth-order valence-corrected chi connectivity index (χ4v) is 5.00. The van der Waals surface area contributed by atoms with Crippen molar-refractivity contribution in [2.45, 2.75) is 63.0 Å². The molecule has 2 aromatic rings. The lowest BCUT2D eigenvalue weighted by atomic mass is 9.87. The molecule has 5 nitrogen and oxygen atoms in total. The molecular formula is C23H26N2O3. The molecule has 1 spiro atoms. The third-order valence-electron chi connectivity index (χ3n) is 6.95. The molecule has 3 atom stereocenters. The number of ether oxygens (including phenoxy) is 2. The topological polar surface area (TPSA) is 64.2 Å². The Bertz CT molecular complexity index is 997. The van der Waals surface area contributed by atoms with Crippen LogP contribution in [0.5, 0.6) is 0 Å². The van der Waals surface area contributed by atoms with Gasteiger partial charge < -0.3 is 14.0 Å². The molecule has 146 valence electrons. The number of nitriles is 1. The molecular weight excluding hydrogens is 352 g/mol. The lowest BCUT2D eigenvalue weighted by Gasteiger charge is -2.30. The van der Waals surface area contributed by atoms with Crippen molar-refractivity contribution in [2.75, 3.05) is 13.2 Å². The van der Waals surface area contributed by atoms with E-state index in [1.54, 1.807) is 0 Å². The zero-order valence-corrected chi connectivity index (χ0v) is 16.5. The summed E-state index contributed by atoms with van der Waals surface area (Å²) in [7, 11) is 0. The van der Waals surface area contributed by atoms with Crippen molar-refractivity contribution >= 4 is 16.9 Å². The number of aromatic nitrogens is 1. The van der Waals surface area contributed by atoms with Crippen molar-refractivity contribution in [3.05, 3.63) is 35.5 Å². The third-order valence-corrected chi connectivity index (χ3v) is 6.95. The Labute approximate surface area is 165 Å². The molecule has 0 bridgehead atoms. The zero-order valence-electron chi connectivity index (χ0n) is 16.5. The predicted molar refractivity (Wildman–Crippen MR) is 105 cm³/mol. The van der Waals surface area contributed by atoms with E-state index in [9.17, 15) is 10.1 Å². The van der Waals surface area contributed by atoms with Crippen LogP contribution in [-0.2, 0) is 15.0 Å². The van der Waals surface area contributed by atoms with Crippen molar-refractivity contribution in [1.82, 2.24) is 4.57 Å². The highest BCUT2D eigenvalue weighted by atomic mass is 16.5. The molecule has 1 aliphatic heterocycles. The van der Waals surface area contributed by atoms with Gasteiger partial charge in [-0.25, -0.2) is 4.79 Å². The van der Waals surface area contributed by atoms with Gasteiger partial charge in [0.15, 0.2) is 0 Å². The van der Waals surface area contributed by atoms with Crippen LogP contribution in [-0.4, -0.2) is 29.4 Å². The van der Waals surface area contributed by atoms with E-state index in [0.29, 0.717) is 18.2 Å². The monoisotopic (exact) mass is 378 g/mol. The minimum Gasteiger partial charge on any atom is -0.461 e. The molecule has 5 rings (SSSR count). The summed E-state index contributed by atoms with van der Waals surface area (Å²) in [6, 6.07) is 10.9. The molecule has 0 amide bonds. The predicted octanol–water partition coefficient (Wildman–Crippen LogP) is 4.50. The molecule has 28 heavy (non-hydrogen) atoms. The average Bonchev–Trinajstić information content (AvgIpc) is 3.56. The maximum atomic E-state index is 12.6. The zero-order chi connectivity index (χ0) is 19.5. The van der Waals surface area contributed by atoms with E-state index in [1.807, 2.05) is 17.6 Å². The van der Waals surface area contributed by atoms with Crippen LogP contribution < -0.4 is 0 Å². The first-order valence-electron chi connectivity index (χ1n) is 10.4. The van der Waals surface area contributed by atoms with Crippen LogP contribution in [0.1, 0.15) is 67.9 Å². The van der Waals surface area contributed by atoms with Crippen LogP contribution in [0.25, 0.3) is 10.9 Å². The van der Waals surface area contributed by atoms with E-state index >= 15 is 0 Å². The van der Waals surface area contributed by atoms with Gasteiger partial charge >= 0.3 is 5.97 Å². The van der Waals surface area contributed by atoms with Crippen LogP contribution in [0.15, 0.2) is 24.3 Å². The van der Waals surface area contributed by atoms with Crippen LogP contribution >= 0.6 is 0 Å². The van der Waals surface area contributed by atoms with Gasteiger partial charge in [0.05, 0.1) is 23.8 Å². The number of carbonyl (C=O) groups excluding carboxylic acids is 1. The second kappa shape index (κ2) is 6.09. The summed E-state index contributed by atoms with van der Waals surface area (Å²) in [6.07, 6.45) is 5.25. The van der Waals surface area contributed by atoms with Gasteiger partial charge in [-0.3, -0.25) is 0 Å². The second-order valence-electron chi connectivity index (χ2n) is 8.77. The Morgan fingerprint density at radius 3 is 2.79 bits per heavy atom. The van der Waals surface area contributed by atoms with Crippen LogP contribution in [0.3, 0.4) is 0 Å². The normalized spacial score (nSPS) is 30.2. The summed E-state index contributed by atoms with van der Waals surface area (Å²) in [6.45, 7) is 5.02. The van der Waals surface area contributed by atoms with Crippen LogP contribution in [0.4, 0.5) is 0 Å². The van der Waals surface area contributed by atoms with Gasteiger partial charge in [0.25, 0.3) is 0 Å². The Kier molecular flexibility index (Phi) is 3.86. The largest absolute Gasteiger partial charge is 0.461 e. The Hall–Kier alpha value is -2.32. The van der Waals surface area contributed by atoms with Gasteiger partial charge in [-0.2, -0.15) is 5.26 Å². The summed E-state index contributed by atoms with van der Waals surface area (Å²) < 4.78 is 13.2. The molecule has 1 aromatic carbocycles. The Morgan fingerprint density at radius 2 is 2.14 bits per heavy atom. The number of rotatable bonds is 4. The van der Waals surface area contributed by atoms with E-state index in [1.165, 1.54) is 18.4 Å². The molecule has 5 heteroatoms. The average molecular weight is 378 g/mol. The maximum Gasteiger partial charge on any atom is 0.355 e. The smallest absolute Gasteiger partial charge is 0.355 e. The van der Waals surface area contributed by atoms with Gasteiger partial charge in [0.2, 0.25) is 0 Å². The minimum atomic E-state index is -0.637. The van der Waals surface area contributed by atoms with Gasteiger partial charge in [0, 0.05) is 12.0 Å². The SMILES string of the molecule is CCOC(=O)c1cc2cc([C@@H]3CCOC4(CC4)C3)ccc2n1[C@@]1(C#N)C[C@@H]1C. The van der Waals surface area contributed by atoms with Crippen molar-refractivity contribution in [2.24, 2.45) is 5.92 Å². The first-order chi connectivity index (χ1) is 13.5. The molecule has 0 radical (unpaired) electrons. The molecule has 2 saturated carbocycles. The van der Waals surface area contributed by atoms with Gasteiger partial charge in [0.1, 0.15) is 11.2 Å². The summed E-state index contributed by atoms with van der Waals surface area (Å²) in [5, 5.41) is 10.9. The first kappa shape index (κ1) is 17.8. The molecule has 0 N–H and O–H groups in total. The van der Waals surface area contributed by atoms with Crippen LogP contribution in [0.2, 0.25) is 0 Å². The van der Waals surface area contributed by atoms with E-state index < -0.39 is 5.54 Å². The lowest BCUT2D eigenvalue weighted by Crippen LogP contribution is -2.26. The van der Waals surface area contributed by atoms with E-state index in [-0.39, 0.29) is 17.5 Å². The van der Waals surface area contributed by atoms with E-state index in [2.05, 4.69) is 31.2 Å². The minimum absolute atomic E-state index is 0.133. The number of hydrogen-bond acceptors (Lipinski definition) is 4. The summed E-state index contributed by atoms with van der Waals surface area (Å²) in [5.41, 5.74) is 2.25. The van der Waals surface area contributed by atoms with Gasteiger partial charge in [-0.15, -0.1) is 0 Å². The molecule has 3 aliphatic rings. The molecule has 2 aliphatic carbocycles. The molecule has 3 fully saturated rings. The van der Waals surface area contributed by atoms with Crippen molar-refractivity contribution < 1.29 is 14.3 Å². The number of benzene rings is 1. The molecule has 1 aromatic heterocycles. The van der Waals surface area contributed by atoms with Crippen molar-refractivity contribution in [3.63, 3.8) is 0 Å². The second-order valence-corrected chi connectivity index (χ2v) is 8.77. The standard InChI is InChI=1S/C23H26N2O3/c1-3-27-21(26)20-11-18-10-16(17-6-9-28-22(13-17)7-8-22)4-5-19(18)25(20)23(14-24)12-15(23)2/h4-5,10-11,15,17H,3,6-9,12-13H2,1-2H3/t15-,17+,23+/m0/s1. The van der Waals surface area contributed by atoms with Crippen molar-refractivity contribution in [3.8, 4) is 6.07 Å². The molecule has 0 unspecified atom stereocenters. The number of esters is 1. The highest BCUT2D eigenvalue weighted by molar-refractivity contribution is 5.96. The van der Waals surface area contributed by atoms with Gasteiger partial charge in [-0.05, 0) is 74.6 Å². The fourth-order valence-electron chi connectivity index (χ4n) is 5.00. The quantitative estimate of drug-likeness (QED) is 0.735. The fraction of sp³-hybridized carbons (Fsp3) is 0.565. The van der Waals surface area contributed by atoms with Gasteiger partial charge in [-0.1, -0.05) is 13.0 Å². The summed E-state index contributed by atoms with van der Waals surface area (Å²) in [4.78, 5) is 12.6. The number of nitrogens with zero attached hydrogens (tertiary/aromatic N) is 2. The summed E-state index contributed by atoms with van der Waals surface area (Å²) in [5.74, 6) is 0.378. The van der Waals surface area contributed by atoms with Crippen LogP contribution in [0, 0.1) is 17.2 Å². The van der Waals surface area contributed by atoms with E-state index in [0.717, 1.165) is 36.8 Å². The first-order valence-corrected chi connectivity index (χ1v) is 10.4. The molecule has 2 heterocycles. The van der Waals surface area contributed by atoms with Crippen molar-refractivity contribution in [1.29, 1.82) is 5.26 Å². The lowest BCUT2D eigenvalue weighted by molar-refractivity contribution is -0.0132. The number of carbonyl (C=O) groups is 1. The van der Waals surface area contributed by atoms with E-state index in [4.69, 9.17) is 9.47 Å². The number of fused-ring (bicyclic) bond motifs is 1. The molecule has 1 saturated heterocycles. The highest BCUT2D eigenvalue weighted by Gasteiger charge is 2.55. The number of hydrogen-bond donors (Lipinski definition) is 0. The summed E-state index contributed by atoms with van der Waals surface area (Å²) >= 11 is 0. The third kappa shape index (κ3) is 2.58.